The molecule has 0 saturated carbocycles. The van der Waals surface area contributed by atoms with Crippen LogP contribution in [-0.4, -0.2) is 7.05 Å². The number of halogens is 1. The van der Waals surface area contributed by atoms with Crippen molar-refractivity contribution in [3.8, 4) is 0 Å². The van der Waals surface area contributed by atoms with Crippen LogP contribution in [0, 0.1) is 3.57 Å². The van der Waals surface area contributed by atoms with E-state index in [0.717, 1.165) is 6.42 Å². The molecule has 0 saturated heterocycles. The molecule has 0 aliphatic rings. The Kier molecular flexibility index (Phi) is 7.53. The van der Waals surface area contributed by atoms with Crippen LogP contribution >= 0.6 is 22.6 Å². The molecule has 17 heavy (non-hydrogen) atoms. The molecule has 0 aliphatic carbocycles. The summed E-state index contributed by atoms with van der Waals surface area (Å²) in [6.45, 7) is 3.76. The third-order valence-corrected chi connectivity index (χ3v) is 4.01. The lowest BCUT2D eigenvalue weighted by Crippen LogP contribution is -2.17. The fourth-order valence-corrected chi connectivity index (χ4v) is 2.79. The number of hydrogen-bond acceptors (Lipinski definition) is 1. The van der Waals surface area contributed by atoms with Crippen molar-refractivity contribution < 1.29 is 0 Å². The van der Waals surface area contributed by atoms with E-state index in [0.29, 0.717) is 6.04 Å². The van der Waals surface area contributed by atoms with Gasteiger partial charge < -0.3 is 5.32 Å². The minimum atomic E-state index is 0.492. The predicted octanol–water partition coefficient (Wildman–Crippen LogP) is 4.69. The molecule has 1 aromatic rings. The monoisotopic (exact) mass is 343 g/mol. The topological polar surface area (TPSA) is 12.0 Å². The molecule has 0 spiro atoms. The number of rotatable bonds is 8. The first-order valence-electron chi connectivity index (χ1n) is 6.32. The summed E-state index contributed by atoms with van der Waals surface area (Å²) in [6, 6.07) is 9.12. The largest absolute Gasteiger partial charge is 0.313 e. The summed E-state index contributed by atoms with van der Waals surface area (Å²) in [5.41, 5.74) is 1.43. The van der Waals surface area contributed by atoms with Crippen LogP contribution in [0.1, 0.15) is 43.7 Å². The van der Waals surface area contributed by atoms with Gasteiger partial charge in [-0.15, -0.1) is 6.58 Å². The maximum atomic E-state index is 3.76. The van der Waals surface area contributed by atoms with E-state index in [1.165, 1.54) is 34.8 Å². The van der Waals surface area contributed by atoms with Gasteiger partial charge in [-0.3, -0.25) is 0 Å². The lowest BCUT2D eigenvalue weighted by atomic mass is 10.0. The van der Waals surface area contributed by atoms with Gasteiger partial charge in [-0.05, 0) is 60.5 Å². The smallest absolute Gasteiger partial charge is 0.0328 e. The summed E-state index contributed by atoms with van der Waals surface area (Å²) < 4.78 is 1.36. The van der Waals surface area contributed by atoms with E-state index in [4.69, 9.17) is 0 Å². The van der Waals surface area contributed by atoms with Gasteiger partial charge in [0.05, 0.1) is 0 Å². The number of hydrogen-bond donors (Lipinski definition) is 1. The van der Waals surface area contributed by atoms with Gasteiger partial charge in [-0.25, -0.2) is 0 Å². The van der Waals surface area contributed by atoms with E-state index >= 15 is 0 Å². The van der Waals surface area contributed by atoms with Gasteiger partial charge in [0, 0.05) is 9.61 Å². The van der Waals surface area contributed by atoms with Crippen molar-refractivity contribution in [3.63, 3.8) is 0 Å². The predicted molar refractivity (Wildman–Crippen MR) is 84.2 cm³/mol. The lowest BCUT2D eigenvalue weighted by Gasteiger charge is -2.18. The number of nitrogens with one attached hydrogen (secondary N) is 1. The Morgan fingerprint density at radius 3 is 2.71 bits per heavy atom. The molecule has 1 aromatic carbocycles. The first kappa shape index (κ1) is 14.7. The number of unbranched alkanes of at least 4 members (excludes halogenated alkanes) is 3. The van der Waals surface area contributed by atoms with Crippen molar-refractivity contribution >= 4 is 22.6 Å². The Labute approximate surface area is 119 Å². The lowest BCUT2D eigenvalue weighted by molar-refractivity contribution is 0.506. The number of benzene rings is 1. The fraction of sp³-hybridized carbons (Fsp3) is 0.467. The quantitative estimate of drug-likeness (QED) is 0.410. The third-order valence-electron chi connectivity index (χ3n) is 3.03. The zero-order chi connectivity index (χ0) is 12.5. The second kappa shape index (κ2) is 8.70. The highest BCUT2D eigenvalue weighted by atomic mass is 127. The summed E-state index contributed by atoms with van der Waals surface area (Å²) in [6.07, 6.45) is 8.22. The molecule has 1 nitrogen and oxygen atoms in total. The molecule has 1 unspecified atom stereocenters. The van der Waals surface area contributed by atoms with Gasteiger partial charge in [0.1, 0.15) is 0 Å². The van der Waals surface area contributed by atoms with Gasteiger partial charge in [0.25, 0.3) is 0 Å². The average Bonchev–Trinajstić information content (AvgIpc) is 2.35. The van der Waals surface area contributed by atoms with Crippen LogP contribution in [0.5, 0.6) is 0 Å². The zero-order valence-corrected chi connectivity index (χ0v) is 12.7. The van der Waals surface area contributed by atoms with Crippen molar-refractivity contribution in [3.05, 3.63) is 46.1 Å². The van der Waals surface area contributed by atoms with Crippen molar-refractivity contribution in [2.24, 2.45) is 0 Å². The summed E-state index contributed by atoms with van der Waals surface area (Å²) in [4.78, 5) is 0. The number of allylic oxidation sites excluding steroid dienone is 1. The third kappa shape index (κ3) is 5.21. The Hall–Kier alpha value is -0.350. The second-order valence-electron chi connectivity index (χ2n) is 4.29. The van der Waals surface area contributed by atoms with Gasteiger partial charge in [0.15, 0.2) is 0 Å². The first-order valence-corrected chi connectivity index (χ1v) is 7.40. The van der Waals surface area contributed by atoms with Gasteiger partial charge in [0.2, 0.25) is 0 Å². The minimum Gasteiger partial charge on any atom is -0.313 e. The Morgan fingerprint density at radius 1 is 1.29 bits per heavy atom. The molecule has 0 aliphatic heterocycles. The van der Waals surface area contributed by atoms with E-state index in [-0.39, 0.29) is 0 Å². The van der Waals surface area contributed by atoms with Gasteiger partial charge >= 0.3 is 0 Å². The summed E-state index contributed by atoms with van der Waals surface area (Å²) in [5, 5.41) is 3.43. The Morgan fingerprint density at radius 2 is 2.06 bits per heavy atom. The zero-order valence-electron chi connectivity index (χ0n) is 10.6. The van der Waals surface area contributed by atoms with E-state index in [1.54, 1.807) is 0 Å². The molecular formula is C15H22IN. The van der Waals surface area contributed by atoms with Crippen LogP contribution in [0.15, 0.2) is 36.9 Å². The van der Waals surface area contributed by atoms with Crippen LogP contribution in [0.4, 0.5) is 0 Å². The van der Waals surface area contributed by atoms with E-state index in [2.05, 4.69) is 65.8 Å². The highest BCUT2D eigenvalue weighted by Crippen LogP contribution is 2.24. The molecule has 1 N–H and O–H groups in total. The molecule has 0 radical (unpaired) electrons. The van der Waals surface area contributed by atoms with Crippen LogP contribution in [0.3, 0.4) is 0 Å². The molecule has 0 bridgehead atoms. The van der Waals surface area contributed by atoms with Crippen LogP contribution < -0.4 is 5.32 Å². The summed E-state index contributed by atoms with van der Waals surface area (Å²) in [7, 11) is 2.05. The van der Waals surface area contributed by atoms with Crippen LogP contribution in [-0.2, 0) is 0 Å². The highest BCUT2D eigenvalue weighted by Gasteiger charge is 2.11. The fourth-order valence-electron chi connectivity index (χ4n) is 2.03. The summed E-state index contributed by atoms with van der Waals surface area (Å²) in [5.74, 6) is 0. The molecule has 94 valence electrons. The SMILES string of the molecule is C=CCCCCCC(NC)c1ccccc1I. The maximum absolute atomic E-state index is 3.76. The van der Waals surface area contributed by atoms with Crippen molar-refractivity contribution in [2.75, 3.05) is 7.05 Å². The normalized spacial score (nSPS) is 12.4. The van der Waals surface area contributed by atoms with Crippen molar-refractivity contribution in [2.45, 2.75) is 38.1 Å². The minimum absolute atomic E-state index is 0.492. The average molecular weight is 343 g/mol. The second-order valence-corrected chi connectivity index (χ2v) is 5.45. The molecule has 2 heteroatoms. The van der Waals surface area contributed by atoms with Gasteiger partial charge in [-0.2, -0.15) is 0 Å². The van der Waals surface area contributed by atoms with Crippen LogP contribution in [0.25, 0.3) is 0 Å². The van der Waals surface area contributed by atoms with Crippen LogP contribution in [0.2, 0.25) is 0 Å². The Bertz CT molecular complexity index is 335. The molecular weight excluding hydrogens is 321 g/mol. The van der Waals surface area contributed by atoms with E-state index in [9.17, 15) is 0 Å². The Balaban J connectivity index is 2.43. The molecule has 0 aromatic heterocycles. The highest BCUT2D eigenvalue weighted by molar-refractivity contribution is 14.1. The van der Waals surface area contributed by atoms with E-state index < -0.39 is 0 Å². The molecule has 0 amide bonds. The molecule has 0 heterocycles. The van der Waals surface area contributed by atoms with Crippen molar-refractivity contribution in [1.29, 1.82) is 0 Å². The summed E-state index contributed by atoms with van der Waals surface area (Å²) >= 11 is 2.42. The molecule has 0 fully saturated rings. The standard InChI is InChI=1S/C15H22IN/c1-3-4-5-6-7-12-15(17-2)13-10-8-9-11-14(13)16/h3,8-11,15,17H,1,4-7,12H2,2H3. The maximum Gasteiger partial charge on any atom is 0.0328 e. The van der Waals surface area contributed by atoms with E-state index in [1.807, 2.05) is 6.08 Å². The van der Waals surface area contributed by atoms with Crippen molar-refractivity contribution in [1.82, 2.24) is 5.32 Å². The van der Waals surface area contributed by atoms with Gasteiger partial charge in [-0.1, -0.05) is 37.1 Å². The molecule has 1 atom stereocenters. The first-order chi connectivity index (χ1) is 8.29. The molecule has 1 rings (SSSR count).